The van der Waals surface area contributed by atoms with Crippen molar-refractivity contribution in [3.05, 3.63) is 39.5 Å². The van der Waals surface area contributed by atoms with Gasteiger partial charge in [-0.25, -0.2) is 4.98 Å². The van der Waals surface area contributed by atoms with Crippen LogP contribution in [0.25, 0.3) is 10.4 Å². The van der Waals surface area contributed by atoms with E-state index in [1.54, 1.807) is 11.3 Å². The van der Waals surface area contributed by atoms with Crippen molar-refractivity contribution < 1.29 is 9.53 Å². The van der Waals surface area contributed by atoms with Gasteiger partial charge in [0.2, 0.25) is 0 Å². The Morgan fingerprint density at radius 3 is 3.08 bits per heavy atom. The molecule has 2 aromatic rings. The first kappa shape index (κ1) is 14.9. The number of ether oxygens (including phenoxy) is 1. The van der Waals surface area contributed by atoms with Gasteiger partial charge in [0.05, 0.1) is 23.6 Å². The summed E-state index contributed by atoms with van der Waals surface area (Å²) in [6.07, 6.45) is 5.97. The zero-order valence-corrected chi connectivity index (χ0v) is 14.9. The number of nitrogens with zero attached hydrogens (tertiary/aromatic N) is 1. The first-order chi connectivity index (χ1) is 11.6. The fourth-order valence-electron chi connectivity index (χ4n) is 4.68. The van der Waals surface area contributed by atoms with Gasteiger partial charge in [-0.15, -0.1) is 11.3 Å². The first-order valence-electron chi connectivity index (χ1n) is 8.56. The monoisotopic (exact) mass is 359 g/mol. The Kier molecular flexibility index (Phi) is 3.29. The summed E-state index contributed by atoms with van der Waals surface area (Å²) < 4.78 is 5.89. The van der Waals surface area contributed by atoms with Crippen molar-refractivity contribution in [3.8, 4) is 10.4 Å². The molecule has 2 aliphatic carbocycles. The number of cyclic esters (lactones) is 1. The van der Waals surface area contributed by atoms with E-state index in [1.807, 2.05) is 0 Å². The number of aryl methyl sites for hydroxylation is 2. The number of aromatic nitrogens is 1. The summed E-state index contributed by atoms with van der Waals surface area (Å²) in [5.41, 5.74) is 5.39. The third-order valence-electron chi connectivity index (χ3n) is 5.91. The van der Waals surface area contributed by atoms with Gasteiger partial charge in [0, 0.05) is 5.41 Å². The van der Waals surface area contributed by atoms with Crippen LogP contribution >= 0.6 is 22.9 Å². The van der Waals surface area contributed by atoms with Crippen LogP contribution in [0, 0.1) is 5.41 Å². The zero-order valence-electron chi connectivity index (χ0n) is 13.3. The van der Waals surface area contributed by atoms with E-state index in [2.05, 4.69) is 23.2 Å². The molecule has 1 saturated heterocycles. The molecule has 0 N–H and O–H groups in total. The maximum absolute atomic E-state index is 11.5. The average molecular weight is 360 g/mol. The fraction of sp³-hybridized carbons (Fsp3) is 0.474. The van der Waals surface area contributed by atoms with Crippen LogP contribution in [0.1, 0.15) is 48.4 Å². The summed E-state index contributed by atoms with van der Waals surface area (Å²) in [7, 11) is 0. The van der Waals surface area contributed by atoms with Crippen molar-refractivity contribution in [1.29, 1.82) is 0 Å². The van der Waals surface area contributed by atoms with Crippen LogP contribution < -0.4 is 0 Å². The van der Waals surface area contributed by atoms with Gasteiger partial charge in [-0.2, -0.15) is 0 Å². The number of thiazole rings is 1. The van der Waals surface area contributed by atoms with Gasteiger partial charge in [0.25, 0.3) is 0 Å². The topological polar surface area (TPSA) is 39.2 Å². The van der Waals surface area contributed by atoms with Crippen LogP contribution in [0.2, 0.25) is 4.47 Å². The second-order valence-electron chi connectivity index (χ2n) is 7.44. The van der Waals surface area contributed by atoms with Crippen LogP contribution in [-0.4, -0.2) is 17.6 Å². The highest BCUT2D eigenvalue weighted by Gasteiger charge is 2.46. The molecule has 1 aromatic heterocycles. The summed E-state index contributed by atoms with van der Waals surface area (Å²) in [4.78, 5) is 17.2. The molecular weight excluding hydrogens is 342 g/mol. The molecule has 5 heteroatoms. The molecule has 1 spiro atoms. The SMILES string of the molecule is O=C1C[C@@]2(CC[C@H](c3ccc4c(c3)CCc3nc(Cl)sc3-4)C2)CO1. The van der Waals surface area contributed by atoms with Crippen molar-refractivity contribution in [1.82, 2.24) is 4.98 Å². The molecule has 2 heterocycles. The maximum atomic E-state index is 11.5. The quantitative estimate of drug-likeness (QED) is 0.689. The van der Waals surface area contributed by atoms with E-state index < -0.39 is 0 Å². The molecule has 0 radical (unpaired) electrons. The Hall–Kier alpha value is -1.39. The standard InChI is InChI=1S/C19H18ClNO2S/c20-18-21-15-4-2-12-7-11(1-3-14(12)17(15)24-18)13-5-6-19(8-13)9-16(22)23-10-19/h1,3,7,13H,2,4-6,8-10H2/t13-,19-/m0/s1. The molecule has 2 atom stereocenters. The van der Waals surface area contributed by atoms with Crippen molar-refractivity contribution in [2.24, 2.45) is 5.41 Å². The number of carbonyl (C=O) groups excluding carboxylic acids is 1. The van der Waals surface area contributed by atoms with E-state index in [-0.39, 0.29) is 11.4 Å². The van der Waals surface area contributed by atoms with Gasteiger partial charge in [-0.3, -0.25) is 4.79 Å². The highest BCUT2D eigenvalue weighted by atomic mass is 35.5. The van der Waals surface area contributed by atoms with Crippen molar-refractivity contribution in [2.45, 2.75) is 44.4 Å². The van der Waals surface area contributed by atoms with Crippen molar-refractivity contribution in [2.75, 3.05) is 6.61 Å². The summed E-state index contributed by atoms with van der Waals surface area (Å²) in [5, 5.41) is 0. The second kappa shape index (κ2) is 5.30. The third-order valence-corrected chi connectivity index (χ3v) is 7.14. The van der Waals surface area contributed by atoms with E-state index in [9.17, 15) is 4.79 Å². The second-order valence-corrected chi connectivity index (χ2v) is 9.02. The molecule has 3 nitrogen and oxygen atoms in total. The molecule has 0 bridgehead atoms. The number of hydrogen-bond donors (Lipinski definition) is 0. The third kappa shape index (κ3) is 2.31. The van der Waals surface area contributed by atoms with Crippen LogP contribution in [0.4, 0.5) is 0 Å². The normalized spacial score (nSPS) is 28.0. The van der Waals surface area contributed by atoms with Crippen LogP contribution in [-0.2, 0) is 22.4 Å². The lowest BCUT2D eigenvalue weighted by Gasteiger charge is -2.21. The zero-order chi connectivity index (χ0) is 16.3. The van der Waals surface area contributed by atoms with E-state index in [1.165, 1.54) is 21.6 Å². The van der Waals surface area contributed by atoms with Crippen molar-refractivity contribution in [3.63, 3.8) is 0 Å². The number of fused-ring (bicyclic) bond motifs is 3. The van der Waals surface area contributed by atoms with E-state index >= 15 is 0 Å². The number of halogens is 1. The molecule has 3 aliphatic rings. The van der Waals surface area contributed by atoms with Gasteiger partial charge in [0.15, 0.2) is 4.47 Å². The predicted octanol–water partition coefficient (Wildman–Crippen LogP) is 4.76. The lowest BCUT2D eigenvalue weighted by molar-refractivity contribution is -0.137. The molecule has 24 heavy (non-hydrogen) atoms. The Bertz CT molecular complexity index is 846. The predicted molar refractivity (Wildman–Crippen MR) is 94.6 cm³/mol. The summed E-state index contributed by atoms with van der Waals surface area (Å²) in [6, 6.07) is 6.90. The molecule has 124 valence electrons. The smallest absolute Gasteiger partial charge is 0.306 e. The minimum atomic E-state index is -0.0179. The maximum Gasteiger partial charge on any atom is 0.306 e. The Labute approximate surface area is 150 Å². The number of carbonyl (C=O) groups is 1. The number of hydrogen-bond acceptors (Lipinski definition) is 4. The lowest BCUT2D eigenvalue weighted by Crippen LogP contribution is -2.16. The number of rotatable bonds is 1. The molecule has 5 rings (SSSR count). The van der Waals surface area contributed by atoms with Gasteiger partial charge in [-0.05, 0) is 54.7 Å². The Balaban J connectivity index is 1.44. The van der Waals surface area contributed by atoms with E-state index in [4.69, 9.17) is 16.3 Å². The van der Waals surface area contributed by atoms with E-state index in [0.717, 1.165) is 37.8 Å². The molecular formula is C19H18ClNO2S. The highest BCUT2D eigenvalue weighted by molar-refractivity contribution is 7.19. The molecule has 1 saturated carbocycles. The Morgan fingerprint density at radius 2 is 2.25 bits per heavy atom. The molecule has 2 fully saturated rings. The molecule has 0 unspecified atom stereocenters. The van der Waals surface area contributed by atoms with Crippen molar-refractivity contribution >= 4 is 28.9 Å². The van der Waals surface area contributed by atoms with Crippen LogP contribution in [0.5, 0.6) is 0 Å². The minimum Gasteiger partial charge on any atom is -0.465 e. The van der Waals surface area contributed by atoms with E-state index in [0.29, 0.717) is 23.4 Å². The fourth-order valence-corrected chi connectivity index (χ4v) is 5.91. The minimum absolute atomic E-state index is 0.0179. The molecule has 1 aliphatic heterocycles. The van der Waals surface area contributed by atoms with Crippen LogP contribution in [0.3, 0.4) is 0 Å². The van der Waals surface area contributed by atoms with Gasteiger partial charge in [-0.1, -0.05) is 29.8 Å². The van der Waals surface area contributed by atoms with Gasteiger partial charge in [0.1, 0.15) is 0 Å². The summed E-state index contributed by atoms with van der Waals surface area (Å²) in [6.45, 7) is 0.621. The number of benzene rings is 1. The Morgan fingerprint density at radius 1 is 1.33 bits per heavy atom. The number of esters is 1. The lowest BCUT2D eigenvalue weighted by atomic mass is 9.82. The first-order valence-corrected chi connectivity index (χ1v) is 9.75. The van der Waals surface area contributed by atoms with Gasteiger partial charge >= 0.3 is 5.97 Å². The largest absolute Gasteiger partial charge is 0.465 e. The summed E-state index contributed by atoms with van der Waals surface area (Å²) in [5.74, 6) is 0.534. The van der Waals surface area contributed by atoms with Crippen LogP contribution in [0.15, 0.2) is 18.2 Å². The molecule has 1 aromatic carbocycles. The highest BCUT2D eigenvalue weighted by Crippen LogP contribution is 2.52. The summed E-state index contributed by atoms with van der Waals surface area (Å²) >= 11 is 7.69. The average Bonchev–Trinajstić information content (AvgIpc) is 3.26. The van der Waals surface area contributed by atoms with Gasteiger partial charge < -0.3 is 4.74 Å². The molecule has 0 amide bonds.